The van der Waals surface area contributed by atoms with Gasteiger partial charge < -0.3 is 5.32 Å². The lowest BCUT2D eigenvalue weighted by molar-refractivity contribution is 0.646. The van der Waals surface area contributed by atoms with Crippen molar-refractivity contribution >= 4 is 0 Å². The summed E-state index contributed by atoms with van der Waals surface area (Å²) in [6, 6.07) is 0.964. The van der Waals surface area contributed by atoms with Crippen molar-refractivity contribution in [3.63, 3.8) is 0 Å². The molecule has 0 aliphatic carbocycles. The van der Waals surface area contributed by atoms with Crippen molar-refractivity contribution in [1.82, 2.24) is 5.32 Å². The average Bonchev–Trinajstić information content (AvgIpc) is 1.77. The van der Waals surface area contributed by atoms with Crippen LogP contribution in [0.3, 0.4) is 0 Å². The first-order valence-corrected chi connectivity index (χ1v) is 2.43. The monoisotopic (exact) mass is 112 g/mol. The molecule has 1 N–H and O–H groups in total. The first-order valence-electron chi connectivity index (χ1n) is 2.43. The molecule has 1 heterocycles. The van der Waals surface area contributed by atoms with Gasteiger partial charge in [0.2, 0.25) is 0 Å². The third kappa shape index (κ3) is 1.09. The van der Waals surface area contributed by atoms with E-state index in [4.69, 9.17) is 0 Å². The molecule has 8 heavy (non-hydrogen) atoms. The molecule has 0 bridgehead atoms. The van der Waals surface area contributed by atoms with Crippen LogP contribution in [-0.2, 0) is 0 Å². The summed E-state index contributed by atoms with van der Waals surface area (Å²) in [7, 11) is 0. The van der Waals surface area contributed by atoms with E-state index in [1.165, 1.54) is 12.3 Å². The second-order valence-corrected chi connectivity index (χ2v) is 1.69. The van der Waals surface area contributed by atoms with E-state index >= 15 is 0 Å². The van der Waals surface area contributed by atoms with E-state index in [0.29, 0.717) is 0 Å². The van der Waals surface area contributed by atoms with Gasteiger partial charge in [0.1, 0.15) is 5.83 Å². The van der Waals surface area contributed by atoms with Crippen molar-refractivity contribution in [2.75, 3.05) is 0 Å². The van der Waals surface area contributed by atoms with Crippen LogP contribution in [0.4, 0.5) is 4.39 Å². The summed E-state index contributed by atoms with van der Waals surface area (Å²) in [5.41, 5.74) is 0. The SMILES string of the molecule is C[C]1C=CC(F)=CN1. The Morgan fingerprint density at radius 2 is 2.25 bits per heavy atom. The highest BCUT2D eigenvalue weighted by molar-refractivity contribution is 5.23. The highest BCUT2D eigenvalue weighted by Crippen LogP contribution is 2.07. The van der Waals surface area contributed by atoms with Gasteiger partial charge >= 0.3 is 0 Å². The van der Waals surface area contributed by atoms with Crippen LogP contribution in [0.5, 0.6) is 0 Å². The minimum Gasteiger partial charge on any atom is -0.377 e. The molecule has 0 aromatic rings. The maximum absolute atomic E-state index is 12.1. The zero-order valence-electron chi connectivity index (χ0n) is 4.61. The molecular weight excluding hydrogens is 105 g/mol. The standard InChI is InChI=1S/C6H7FN/c1-5-2-3-6(7)4-8-5/h2-4,8H,1H3. The van der Waals surface area contributed by atoms with E-state index < -0.39 is 0 Å². The fourth-order valence-electron chi connectivity index (χ4n) is 0.484. The van der Waals surface area contributed by atoms with Crippen LogP contribution < -0.4 is 5.32 Å². The topological polar surface area (TPSA) is 12.0 Å². The Labute approximate surface area is 47.9 Å². The van der Waals surface area contributed by atoms with Gasteiger partial charge in [-0.25, -0.2) is 4.39 Å². The number of hydrogen-bond acceptors (Lipinski definition) is 1. The highest BCUT2D eigenvalue weighted by atomic mass is 19.1. The third-order valence-corrected chi connectivity index (χ3v) is 0.930. The molecule has 1 rings (SSSR count). The first-order chi connectivity index (χ1) is 3.79. The summed E-state index contributed by atoms with van der Waals surface area (Å²) >= 11 is 0. The molecule has 43 valence electrons. The van der Waals surface area contributed by atoms with Crippen molar-refractivity contribution in [3.8, 4) is 0 Å². The summed E-state index contributed by atoms with van der Waals surface area (Å²) in [4.78, 5) is 0. The normalized spacial score (nSPS) is 20.0. The first kappa shape index (κ1) is 5.35. The highest BCUT2D eigenvalue weighted by Gasteiger charge is 1.99. The fraction of sp³-hybridized carbons (Fsp3) is 0.167. The summed E-state index contributed by atoms with van der Waals surface area (Å²) < 4.78 is 12.1. The van der Waals surface area contributed by atoms with Gasteiger partial charge in [0, 0.05) is 6.20 Å². The molecule has 0 aromatic heterocycles. The van der Waals surface area contributed by atoms with Crippen molar-refractivity contribution in [1.29, 1.82) is 0 Å². The molecule has 1 aliphatic rings. The molecule has 1 nitrogen and oxygen atoms in total. The van der Waals surface area contributed by atoms with Gasteiger partial charge in [-0.2, -0.15) is 0 Å². The number of allylic oxidation sites excluding steroid dienone is 2. The van der Waals surface area contributed by atoms with Crippen LogP contribution in [0.15, 0.2) is 24.2 Å². The smallest absolute Gasteiger partial charge is 0.138 e. The van der Waals surface area contributed by atoms with Gasteiger partial charge in [0.15, 0.2) is 0 Å². The molecule has 0 spiro atoms. The Morgan fingerprint density at radius 3 is 2.62 bits per heavy atom. The molecule has 0 unspecified atom stereocenters. The number of dihydropyridines is 1. The zero-order chi connectivity index (χ0) is 5.98. The maximum Gasteiger partial charge on any atom is 0.138 e. The number of hydrogen-bond donors (Lipinski definition) is 1. The Kier molecular flexibility index (Phi) is 1.33. The fourth-order valence-corrected chi connectivity index (χ4v) is 0.484. The molecule has 0 aromatic carbocycles. The third-order valence-electron chi connectivity index (χ3n) is 0.930. The lowest BCUT2D eigenvalue weighted by Crippen LogP contribution is -2.11. The Bertz CT molecular complexity index is 137. The van der Waals surface area contributed by atoms with E-state index in [-0.39, 0.29) is 5.83 Å². The minimum atomic E-state index is -0.226. The molecule has 0 amide bonds. The van der Waals surface area contributed by atoms with Gasteiger partial charge in [-0.3, -0.25) is 0 Å². The number of halogens is 1. The van der Waals surface area contributed by atoms with E-state index in [0.717, 1.165) is 6.04 Å². The van der Waals surface area contributed by atoms with Crippen LogP contribution in [0.25, 0.3) is 0 Å². The predicted octanol–water partition coefficient (Wildman–Crippen LogP) is 1.51. The molecule has 0 atom stereocenters. The van der Waals surface area contributed by atoms with Crippen LogP contribution in [0, 0.1) is 6.04 Å². The van der Waals surface area contributed by atoms with Gasteiger partial charge in [-0.1, -0.05) is 6.08 Å². The van der Waals surface area contributed by atoms with Crippen molar-refractivity contribution < 1.29 is 4.39 Å². The predicted molar refractivity (Wildman–Crippen MR) is 30.4 cm³/mol. The van der Waals surface area contributed by atoms with Crippen LogP contribution >= 0.6 is 0 Å². The minimum absolute atomic E-state index is 0.226. The summed E-state index contributed by atoms with van der Waals surface area (Å²) in [5, 5.41) is 2.72. The molecule has 1 aliphatic heterocycles. The second kappa shape index (κ2) is 1.99. The molecular formula is C6H7FN. The van der Waals surface area contributed by atoms with E-state index in [1.807, 2.05) is 6.92 Å². The van der Waals surface area contributed by atoms with Gasteiger partial charge in [0.25, 0.3) is 0 Å². The van der Waals surface area contributed by atoms with Gasteiger partial charge in [-0.05, 0) is 13.0 Å². The zero-order valence-corrected chi connectivity index (χ0v) is 4.61. The van der Waals surface area contributed by atoms with E-state index in [9.17, 15) is 4.39 Å². The molecule has 0 saturated heterocycles. The van der Waals surface area contributed by atoms with Gasteiger partial charge in [-0.15, -0.1) is 0 Å². The molecule has 0 saturated carbocycles. The average molecular weight is 112 g/mol. The molecule has 2 heteroatoms. The Hall–Kier alpha value is -0.790. The van der Waals surface area contributed by atoms with Crippen molar-refractivity contribution in [3.05, 3.63) is 30.2 Å². The Balaban J connectivity index is 2.58. The van der Waals surface area contributed by atoms with Crippen LogP contribution in [0.1, 0.15) is 6.92 Å². The Morgan fingerprint density at radius 1 is 1.50 bits per heavy atom. The molecule has 1 radical (unpaired) electrons. The van der Waals surface area contributed by atoms with E-state index in [2.05, 4.69) is 5.32 Å². The van der Waals surface area contributed by atoms with Crippen LogP contribution in [0.2, 0.25) is 0 Å². The van der Waals surface area contributed by atoms with Crippen molar-refractivity contribution in [2.45, 2.75) is 6.92 Å². The largest absolute Gasteiger partial charge is 0.377 e. The van der Waals surface area contributed by atoms with Crippen molar-refractivity contribution in [2.24, 2.45) is 0 Å². The van der Waals surface area contributed by atoms with Gasteiger partial charge in [0.05, 0.1) is 6.04 Å². The lowest BCUT2D eigenvalue weighted by Gasteiger charge is -2.07. The van der Waals surface area contributed by atoms with E-state index in [1.54, 1.807) is 6.08 Å². The number of rotatable bonds is 0. The summed E-state index contributed by atoms with van der Waals surface area (Å²) in [6.45, 7) is 1.87. The lowest BCUT2D eigenvalue weighted by atomic mass is 10.2. The maximum atomic E-state index is 12.1. The van der Waals surface area contributed by atoms with Crippen LogP contribution in [-0.4, -0.2) is 0 Å². The summed E-state index contributed by atoms with van der Waals surface area (Å²) in [6.07, 6.45) is 4.44. The number of nitrogens with one attached hydrogen (secondary N) is 1. The second-order valence-electron chi connectivity index (χ2n) is 1.69. The summed E-state index contributed by atoms with van der Waals surface area (Å²) in [5.74, 6) is -0.226. The quantitative estimate of drug-likeness (QED) is 0.500. The molecule has 0 fully saturated rings.